The van der Waals surface area contributed by atoms with Crippen LogP contribution in [0.15, 0.2) is 30.3 Å². The van der Waals surface area contributed by atoms with E-state index in [0.29, 0.717) is 0 Å². The lowest BCUT2D eigenvalue weighted by atomic mass is 9.90. The van der Waals surface area contributed by atoms with Crippen LogP contribution < -0.4 is 0 Å². The number of ether oxygens (including phenoxy) is 2. The molecule has 0 aromatic heterocycles. The molecule has 0 unspecified atom stereocenters. The molecule has 0 aliphatic carbocycles. The number of alkyl halides is 3. The van der Waals surface area contributed by atoms with Gasteiger partial charge in [0.2, 0.25) is 0 Å². The maximum atomic E-state index is 13.5. The molecule has 0 spiro atoms. The largest absolute Gasteiger partial charge is 0.445 e. The zero-order valence-corrected chi connectivity index (χ0v) is 14.9. The van der Waals surface area contributed by atoms with E-state index in [-0.39, 0.29) is 19.7 Å². The molecule has 1 fully saturated rings. The molecular weight excluding hydrogens is 351 g/mol. The number of benzene rings is 1. The highest BCUT2D eigenvalue weighted by Gasteiger charge is 2.57. The van der Waals surface area contributed by atoms with Crippen LogP contribution in [0.5, 0.6) is 0 Å². The van der Waals surface area contributed by atoms with Crippen LogP contribution in [-0.4, -0.2) is 53.2 Å². The SMILES string of the molecule is CC(C)(O)COC1(C(F)(F)F)CCN(C(=O)OCc2ccccc2)CC1. The van der Waals surface area contributed by atoms with Gasteiger partial charge in [-0.1, -0.05) is 30.3 Å². The van der Waals surface area contributed by atoms with Gasteiger partial charge in [-0.05, 0) is 19.4 Å². The number of nitrogens with zero attached hydrogens (tertiary/aromatic N) is 1. The Labute approximate surface area is 150 Å². The number of aliphatic hydroxyl groups is 1. The van der Waals surface area contributed by atoms with Gasteiger partial charge >= 0.3 is 12.3 Å². The molecule has 26 heavy (non-hydrogen) atoms. The summed E-state index contributed by atoms with van der Waals surface area (Å²) in [6.07, 6.45) is -6.02. The molecule has 1 amide bonds. The average molecular weight is 375 g/mol. The Morgan fingerprint density at radius 2 is 1.77 bits per heavy atom. The number of hydrogen-bond acceptors (Lipinski definition) is 4. The summed E-state index contributed by atoms with van der Waals surface area (Å²) >= 11 is 0. The van der Waals surface area contributed by atoms with Crippen molar-refractivity contribution in [3.8, 4) is 0 Å². The van der Waals surface area contributed by atoms with Crippen LogP contribution in [0.2, 0.25) is 0 Å². The smallest absolute Gasteiger partial charge is 0.417 e. The first-order valence-corrected chi connectivity index (χ1v) is 8.41. The summed E-state index contributed by atoms with van der Waals surface area (Å²) in [6, 6.07) is 9.04. The molecule has 1 aromatic rings. The molecule has 1 heterocycles. The number of amides is 1. The number of carbonyl (C=O) groups excluding carboxylic acids is 1. The summed E-state index contributed by atoms with van der Waals surface area (Å²) in [5, 5.41) is 9.67. The van der Waals surface area contributed by atoms with Crippen LogP contribution >= 0.6 is 0 Å². The molecule has 0 saturated carbocycles. The van der Waals surface area contributed by atoms with Gasteiger partial charge in [0.1, 0.15) is 6.61 Å². The topological polar surface area (TPSA) is 59.0 Å². The standard InChI is InChI=1S/C18H24F3NO4/c1-16(2,24)13-26-17(18(19,20)21)8-10-22(11-9-17)15(23)25-12-14-6-4-3-5-7-14/h3-7,24H,8-13H2,1-2H3. The van der Waals surface area contributed by atoms with Crippen LogP contribution in [0.3, 0.4) is 0 Å². The van der Waals surface area contributed by atoms with Gasteiger partial charge in [-0.3, -0.25) is 0 Å². The van der Waals surface area contributed by atoms with Crippen molar-refractivity contribution in [1.82, 2.24) is 4.90 Å². The van der Waals surface area contributed by atoms with Gasteiger partial charge < -0.3 is 19.5 Å². The Morgan fingerprint density at radius 3 is 2.27 bits per heavy atom. The second-order valence-corrected chi connectivity index (χ2v) is 7.12. The van der Waals surface area contributed by atoms with E-state index in [1.54, 1.807) is 12.1 Å². The Bertz CT molecular complexity index is 591. The van der Waals surface area contributed by atoms with E-state index < -0.39 is 42.9 Å². The molecule has 0 atom stereocenters. The van der Waals surface area contributed by atoms with Crippen molar-refractivity contribution in [1.29, 1.82) is 0 Å². The highest BCUT2D eigenvalue weighted by molar-refractivity contribution is 5.67. The number of hydrogen-bond donors (Lipinski definition) is 1. The van der Waals surface area contributed by atoms with E-state index in [1.807, 2.05) is 18.2 Å². The maximum Gasteiger partial charge on any atom is 0.417 e. The predicted molar refractivity (Wildman–Crippen MR) is 88.5 cm³/mol. The highest BCUT2D eigenvalue weighted by Crippen LogP contribution is 2.42. The molecule has 8 heteroatoms. The highest BCUT2D eigenvalue weighted by atomic mass is 19.4. The molecule has 0 bridgehead atoms. The normalized spacial score (nSPS) is 17.8. The minimum Gasteiger partial charge on any atom is -0.445 e. The lowest BCUT2D eigenvalue weighted by Crippen LogP contribution is -2.57. The van der Waals surface area contributed by atoms with Crippen molar-refractivity contribution in [2.45, 2.75) is 50.7 Å². The third kappa shape index (κ3) is 5.35. The van der Waals surface area contributed by atoms with E-state index in [4.69, 9.17) is 9.47 Å². The van der Waals surface area contributed by atoms with Crippen molar-refractivity contribution in [2.75, 3.05) is 19.7 Å². The Balaban J connectivity index is 1.92. The maximum absolute atomic E-state index is 13.5. The molecule has 1 aromatic carbocycles. The summed E-state index contributed by atoms with van der Waals surface area (Å²) < 4.78 is 50.8. The molecule has 146 valence electrons. The van der Waals surface area contributed by atoms with Crippen LogP contribution in [0.1, 0.15) is 32.3 Å². The van der Waals surface area contributed by atoms with Gasteiger partial charge in [-0.2, -0.15) is 13.2 Å². The van der Waals surface area contributed by atoms with Crippen molar-refractivity contribution in [3.05, 3.63) is 35.9 Å². The van der Waals surface area contributed by atoms with Gasteiger partial charge in [0.25, 0.3) is 0 Å². The van der Waals surface area contributed by atoms with Crippen LogP contribution in [0.4, 0.5) is 18.0 Å². The number of carbonyl (C=O) groups is 1. The third-order valence-corrected chi connectivity index (χ3v) is 4.25. The Morgan fingerprint density at radius 1 is 1.19 bits per heavy atom. The molecule has 5 nitrogen and oxygen atoms in total. The molecule has 2 rings (SSSR count). The second-order valence-electron chi connectivity index (χ2n) is 7.12. The first-order chi connectivity index (χ1) is 12.0. The fourth-order valence-corrected chi connectivity index (χ4v) is 2.69. The lowest BCUT2D eigenvalue weighted by Gasteiger charge is -2.43. The first-order valence-electron chi connectivity index (χ1n) is 8.41. The van der Waals surface area contributed by atoms with Gasteiger partial charge in [-0.25, -0.2) is 4.79 Å². The van der Waals surface area contributed by atoms with Gasteiger partial charge in [-0.15, -0.1) is 0 Å². The number of piperidine rings is 1. The zero-order valence-electron chi connectivity index (χ0n) is 14.9. The van der Waals surface area contributed by atoms with Crippen molar-refractivity contribution < 1.29 is 32.5 Å². The van der Waals surface area contributed by atoms with E-state index in [1.165, 1.54) is 18.7 Å². The second kappa shape index (κ2) is 7.84. The molecule has 1 aliphatic rings. The lowest BCUT2D eigenvalue weighted by molar-refractivity contribution is -0.297. The summed E-state index contributed by atoms with van der Waals surface area (Å²) in [5.41, 5.74) is -2.93. The number of likely N-dealkylation sites (tertiary alicyclic amines) is 1. The molecular formula is C18H24F3NO4. The minimum absolute atomic E-state index is 0.0653. The Hall–Kier alpha value is -1.80. The van der Waals surface area contributed by atoms with Crippen LogP contribution in [0.25, 0.3) is 0 Å². The predicted octanol–water partition coefficient (Wildman–Crippen LogP) is 3.51. The van der Waals surface area contributed by atoms with Gasteiger partial charge in [0.05, 0.1) is 12.2 Å². The van der Waals surface area contributed by atoms with E-state index in [9.17, 15) is 23.1 Å². The number of rotatable bonds is 5. The Kier molecular flexibility index (Phi) is 6.18. The van der Waals surface area contributed by atoms with Crippen LogP contribution in [0, 0.1) is 0 Å². The monoisotopic (exact) mass is 375 g/mol. The molecule has 1 N–H and O–H groups in total. The third-order valence-electron chi connectivity index (χ3n) is 4.25. The van der Waals surface area contributed by atoms with Crippen molar-refractivity contribution >= 4 is 6.09 Å². The van der Waals surface area contributed by atoms with Crippen LogP contribution in [-0.2, 0) is 16.1 Å². The van der Waals surface area contributed by atoms with Gasteiger partial charge in [0, 0.05) is 25.9 Å². The van der Waals surface area contributed by atoms with Crippen molar-refractivity contribution in [2.24, 2.45) is 0 Å². The fraction of sp³-hybridized carbons (Fsp3) is 0.611. The molecule has 1 saturated heterocycles. The van der Waals surface area contributed by atoms with E-state index >= 15 is 0 Å². The zero-order chi connectivity index (χ0) is 19.4. The molecule has 0 radical (unpaired) electrons. The first kappa shape index (κ1) is 20.5. The quantitative estimate of drug-likeness (QED) is 0.856. The van der Waals surface area contributed by atoms with Crippen molar-refractivity contribution in [3.63, 3.8) is 0 Å². The minimum atomic E-state index is -4.59. The van der Waals surface area contributed by atoms with E-state index in [0.717, 1.165) is 5.56 Å². The summed E-state index contributed by atoms with van der Waals surface area (Å²) in [5.74, 6) is 0. The summed E-state index contributed by atoms with van der Waals surface area (Å²) in [6.45, 7) is 2.14. The number of halogens is 3. The van der Waals surface area contributed by atoms with Gasteiger partial charge in [0.15, 0.2) is 5.60 Å². The summed E-state index contributed by atoms with van der Waals surface area (Å²) in [7, 11) is 0. The molecule has 1 aliphatic heterocycles. The fourth-order valence-electron chi connectivity index (χ4n) is 2.69. The van der Waals surface area contributed by atoms with E-state index in [2.05, 4.69) is 0 Å². The average Bonchev–Trinajstić information content (AvgIpc) is 2.57. The summed E-state index contributed by atoms with van der Waals surface area (Å²) in [4.78, 5) is 13.3.